The third-order valence-corrected chi connectivity index (χ3v) is 4.06. The molecule has 3 heterocycles. The molecule has 1 aromatic rings. The van der Waals surface area contributed by atoms with Gasteiger partial charge in [0.05, 0.1) is 5.56 Å². The van der Waals surface area contributed by atoms with Crippen molar-refractivity contribution in [2.24, 2.45) is 5.92 Å². The van der Waals surface area contributed by atoms with Gasteiger partial charge in [0.15, 0.2) is 0 Å². The molecule has 18 heavy (non-hydrogen) atoms. The maximum atomic E-state index is 12.6. The Kier molecular flexibility index (Phi) is 3.04. The van der Waals surface area contributed by atoms with Crippen molar-refractivity contribution in [2.75, 3.05) is 19.6 Å². The van der Waals surface area contributed by atoms with Crippen LogP contribution in [-0.2, 0) is 0 Å². The Morgan fingerprint density at radius 2 is 2.33 bits per heavy atom. The van der Waals surface area contributed by atoms with Gasteiger partial charge in [-0.3, -0.25) is 9.78 Å². The zero-order valence-electron chi connectivity index (χ0n) is 10.7. The van der Waals surface area contributed by atoms with Gasteiger partial charge in [-0.2, -0.15) is 0 Å². The Morgan fingerprint density at radius 1 is 1.44 bits per heavy atom. The minimum Gasteiger partial charge on any atom is -0.334 e. The molecule has 4 nitrogen and oxygen atoms in total. The van der Waals surface area contributed by atoms with E-state index < -0.39 is 0 Å². The van der Waals surface area contributed by atoms with Gasteiger partial charge in [-0.1, -0.05) is 0 Å². The fraction of sp³-hybridized carbons (Fsp3) is 0.571. The van der Waals surface area contributed by atoms with Crippen LogP contribution in [0.25, 0.3) is 0 Å². The molecule has 1 N–H and O–H groups in total. The van der Waals surface area contributed by atoms with E-state index in [0.29, 0.717) is 12.0 Å². The zero-order valence-corrected chi connectivity index (χ0v) is 10.7. The Labute approximate surface area is 107 Å². The summed E-state index contributed by atoms with van der Waals surface area (Å²) in [5, 5.41) is 3.40. The topological polar surface area (TPSA) is 45.2 Å². The zero-order chi connectivity index (χ0) is 12.5. The molecule has 0 spiro atoms. The van der Waals surface area contributed by atoms with E-state index in [1.807, 2.05) is 17.9 Å². The van der Waals surface area contributed by atoms with Gasteiger partial charge < -0.3 is 10.2 Å². The van der Waals surface area contributed by atoms with E-state index in [1.165, 1.54) is 6.42 Å². The second kappa shape index (κ2) is 4.69. The molecule has 2 atom stereocenters. The molecule has 2 aliphatic heterocycles. The first-order chi connectivity index (χ1) is 8.75. The molecule has 3 rings (SSSR count). The number of likely N-dealkylation sites (tertiary alicyclic amines) is 1. The maximum Gasteiger partial charge on any atom is 0.255 e. The fourth-order valence-electron chi connectivity index (χ4n) is 3.16. The highest BCUT2D eigenvalue weighted by molar-refractivity contribution is 5.94. The SMILES string of the molecule is Cc1cncc(C(=O)N2CCCC3CNCC32)c1. The number of rotatable bonds is 1. The first-order valence-electron chi connectivity index (χ1n) is 6.69. The highest BCUT2D eigenvalue weighted by Crippen LogP contribution is 2.27. The van der Waals surface area contributed by atoms with Gasteiger partial charge in [0.25, 0.3) is 5.91 Å². The molecule has 1 amide bonds. The second-order valence-electron chi connectivity index (χ2n) is 5.38. The molecule has 4 heteroatoms. The summed E-state index contributed by atoms with van der Waals surface area (Å²) in [4.78, 5) is 18.7. The number of hydrogen-bond acceptors (Lipinski definition) is 3. The van der Waals surface area contributed by atoms with Crippen molar-refractivity contribution in [3.8, 4) is 0 Å². The summed E-state index contributed by atoms with van der Waals surface area (Å²) in [6.45, 7) is 4.85. The smallest absolute Gasteiger partial charge is 0.255 e. The normalized spacial score (nSPS) is 27.1. The minimum atomic E-state index is 0.143. The molecule has 1 aromatic heterocycles. The molecule has 0 bridgehead atoms. The summed E-state index contributed by atoms with van der Waals surface area (Å²) >= 11 is 0. The number of pyridine rings is 1. The van der Waals surface area contributed by atoms with Crippen LogP contribution in [-0.4, -0.2) is 41.5 Å². The number of carbonyl (C=O) groups excluding carboxylic acids is 1. The van der Waals surface area contributed by atoms with Gasteiger partial charge >= 0.3 is 0 Å². The van der Waals surface area contributed by atoms with Gasteiger partial charge in [-0.25, -0.2) is 0 Å². The lowest BCUT2D eigenvalue weighted by molar-refractivity contribution is 0.0574. The standard InChI is InChI=1S/C14H19N3O/c1-10-5-12(8-15-6-10)14(18)17-4-2-3-11-7-16-9-13(11)17/h5-6,8,11,13,16H,2-4,7,9H2,1H3. The van der Waals surface area contributed by atoms with Crippen molar-refractivity contribution in [2.45, 2.75) is 25.8 Å². The van der Waals surface area contributed by atoms with E-state index >= 15 is 0 Å². The van der Waals surface area contributed by atoms with E-state index in [-0.39, 0.29) is 5.91 Å². The molecule has 0 aromatic carbocycles. The van der Waals surface area contributed by atoms with Crippen molar-refractivity contribution in [3.63, 3.8) is 0 Å². The van der Waals surface area contributed by atoms with E-state index in [2.05, 4.69) is 10.3 Å². The quantitative estimate of drug-likeness (QED) is 0.809. The monoisotopic (exact) mass is 245 g/mol. The predicted molar refractivity (Wildman–Crippen MR) is 69.4 cm³/mol. The number of fused-ring (bicyclic) bond motifs is 1. The van der Waals surface area contributed by atoms with Crippen LogP contribution in [0.5, 0.6) is 0 Å². The first-order valence-corrected chi connectivity index (χ1v) is 6.69. The molecule has 2 unspecified atom stereocenters. The van der Waals surface area contributed by atoms with Crippen molar-refractivity contribution in [1.29, 1.82) is 0 Å². The van der Waals surface area contributed by atoms with E-state index in [0.717, 1.165) is 37.2 Å². The Hall–Kier alpha value is -1.42. The summed E-state index contributed by atoms with van der Waals surface area (Å²) in [6.07, 6.45) is 5.83. The molecule has 0 saturated carbocycles. The maximum absolute atomic E-state index is 12.6. The van der Waals surface area contributed by atoms with Crippen LogP contribution in [0.2, 0.25) is 0 Å². The van der Waals surface area contributed by atoms with E-state index in [4.69, 9.17) is 0 Å². The number of carbonyl (C=O) groups is 1. The lowest BCUT2D eigenvalue weighted by atomic mass is 9.91. The second-order valence-corrected chi connectivity index (χ2v) is 5.38. The summed E-state index contributed by atoms with van der Waals surface area (Å²) in [6, 6.07) is 2.31. The number of piperidine rings is 1. The van der Waals surface area contributed by atoms with Crippen LogP contribution in [0.4, 0.5) is 0 Å². The summed E-state index contributed by atoms with van der Waals surface area (Å²) in [7, 11) is 0. The van der Waals surface area contributed by atoms with Crippen LogP contribution in [0, 0.1) is 12.8 Å². The van der Waals surface area contributed by atoms with Crippen molar-refractivity contribution in [1.82, 2.24) is 15.2 Å². The molecule has 96 valence electrons. The molecular formula is C14H19N3O. The number of hydrogen-bond donors (Lipinski definition) is 1. The summed E-state index contributed by atoms with van der Waals surface area (Å²) < 4.78 is 0. The number of nitrogens with zero attached hydrogens (tertiary/aromatic N) is 2. The first kappa shape index (κ1) is 11.7. The third kappa shape index (κ3) is 2.01. The van der Waals surface area contributed by atoms with Crippen LogP contribution in [0.3, 0.4) is 0 Å². The average molecular weight is 245 g/mol. The molecule has 2 fully saturated rings. The van der Waals surface area contributed by atoms with Crippen molar-refractivity contribution in [3.05, 3.63) is 29.6 Å². The summed E-state index contributed by atoms with van der Waals surface area (Å²) in [5.74, 6) is 0.782. The highest BCUT2D eigenvalue weighted by atomic mass is 16.2. The van der Waals surface area contributed by atoms with Crippen molar-refractivity contribution < 1.29 is 4.79 Å². The van der Waals surface area contributed by atoms with Crippen LogP contribution in [0.1, 0.15) is 28.8 Å². The number of amides is 1. The lowest BCUT2D eigenvalue weighted by Gasteiger charge is -2.37. The largest absolute Gasteiger partial charge is 0.334 e. The minimum absolute atomic E-state index is 0.143. The molecule has 0 radical (unpaired) electrons. The van der Waals surface area contributed by atoms with Gasteiger partial charge in [0.1, 0.15) is 0 Å². The van der Waals surface area contributed by atoms with Gasteiger partial charge in [0.2, 0.25) is 0 Å². The number of aryl methyl sites for hydroxylation is 1. The molecule has 2 aliphatic rings. The third-order valence-electron chi connectivity index (χ3n) is 4.06. The Balaban J connectivity index is 1.83. The molecule has 0 aliphatic carbocycles. The Bertz CT molecular complexity index is 460. The average Bonchev–Trinajstić information content (AvgIpc) is 2.86. The Morgan fingerprint density at radius 3 is 3.17 bits per heavy atom. The van der Waals surface area contributed by atoms with Gasteiger partial charge in [-0.15, -0.1) is 0 Å². The fourth-order valence-corrected chi connectivity index (χ4v) is 3.16. The highest BCUT2D eigenvalue weighted by Gasteiger charge is 2.37. The van der Waals surface area contributed by atoms with Gasteiger partial charge in [-0.05, 0) is 37.3 Å². The van der Waals surface area contributed by atoms with Crippen molar-refractivity contribution >= 4 is 5.91 Å². The number of nitrogens with one attached hydrogen (secondary N) is 1. The molecular weight excluding hydrogens is 226 g/mol. The van der Waals surface area contributed by atoms with E-state index in [1.54, 1.807) is 12.4 Å². The summed E-state index contributed by atoms with van der Waals surface area (Å²) in [5.41, 5.74) is 1.77. The van der Waals surface area contributed by atoms with Crippen LogP contribution >= 0.6 is 0 Å². The predicted octanol–water partition coefficient (Wildman–Crippen LogP) is 1.21. The van der Waals surface area contributed by atoms with Gasteiger partial charge in [0, 0.05) is 38.1 Å². The number of aromatic nitrogens is 1. The van der Waals surface area contributed by atoms with Crippen LogP contribution < -0.4 is 5.32 Å². The molecule has 2 saturated heterocycles. The van der Waals surface area contributed by atoms with E-state index in [9.17, 15) is 4.79 Å². The lowest BCUT2D eigenvalue weighted by Crippen LogP contribution is -2.48. The van der Waals surface area contributed by atoms with Crippen LogP contribution in [0.15, 0.2) is 18.5 Å².